The number of thioether (sulfide) groups is 1. The molecule has 1 aliphatic rings. The van der Waals surface area contributed by atoms with Crippen molar-refractivity contribution in [2.24, 2.45) is 0 Å². The third-order valence-electron chi connectivity index (χ3n) is 4.93. The second kappa shape index (κ2) is 7.31. The summed E-state index contributed by atoms with van der Waals surface area (Å²) < 4.78 is 1.86. The second-order valence-corrected chi connectivity index (χ2v) is 8.34. The Kier molecular flexibility index (Phi) is 4.85. The molecule has 0 saturated carbocycles. The fraction of sp³-hybridized carbons (Fsp3) is 0.286. The minimum absolute atomic E-state index is 0.0538. The maximum atomic E-state index is 13.2. The molecule has 0 unspecified atom stereocenters. The van der Waals surface area contributed by atoms with E-state index in [2.05, 4.69) is 58.2 Å². The topological polar surface area (TPSA) is 71.8 Å². The first-order valence-corrected chi connectivity index (χ1v) is 10.1. The number of fused-ring (bicyclic) bond motifs is 1. The van der Waals surface area contributed by atoms with Crippen molar-refractivity contribution in [3.63, 3.8) is 0 Å². The van der Waals surface area contributed by atoms with Gasteiger partial charge in [-0.25, -0.2) is 4.68 Å². The summed E-state index contributed by atoms with van der Waals surface area (Å²) in [6.45, 7) is 8.00. The number of hydrogen-bond donors (Lipinski definition) is 2. The maximum Gasteiger partial charge on any atom is 0.240 e. The highest BCUT2D eigenvalue weighted by molar-refractivity contribution is 8.00. The predicted molar refractivity (Wildman–Crippen MR) is 112 cm³/mol. The van der Waals surface area contributed by atoms with E-state index < -0.39 is 0 Å². The molecule has 2 N–H and O–H groups in total. The molecule has 28 heavy (non-hydrogen) atoms. The number of rotatable bonds is 3. The number of nitrogens with zero attached hydrogens (tertiary/aromatic N) is 3. The Bertz CT molecular complexity index is 1030. The zero-order chi connectivity index (χ0) is 19.8. The van der Waals surface area contributed by atoms with Gasteiger partial charge in [0.1, 0.15) is 11.1 Å². The molecule has 7 heteroatoms. The van der Waals surface area contributed by atoms with Crippen molar-refractivity contribution in [1.82, 2.24) is 14.9 Å². The van der Waals surface area contributed by atoms with E-state index in [1.54, 1.807) is 0 Å². The van der Waals surface area contributed by atoms with Gasteiger partial charge in [0.2, 0.25) is 11.1 Å². The van der Waals surface area contributed by atoms with Crippen LogP contribution in [0.1, 0.15) is 34.1 Å². The highest BCUT2D eigenvalue weighted by atomic mass is 32.2. The van der Waals surface area contributed by atoms with E-state index >= 15 is 0 Å². The lowest BCUT2D eigenvalue weighted by Crippen LogP contribution is -2.41. The van der Waals surface area contributed by atoms with Gasteiger partial charge in [-0.3, -0.25) is 4.79 Å². The number of amides is 1. The summed E-state index contributed by atoms with van der Waals surface area (Å²) in [5.74, 6) is 0.717. The molecule has 1 amide bonds. The van der Waals surface area contributed by atoms with E-state index in [4.69, 9.17) is 0 Å². The first-order valence-electron chi connectivity index (χ1n) is 9.22. The van der Waals surface area contributed by atoms with Crippen molar-refractivity contribution in [2.45, 2.75) is 44.1 Å². The van der Waals surface area contributed by atoms with Crippen molar-refractivity contribution in [3.8, 4) is 0 Å². The molecule has 0 saturated heterocycles. The van der Waals surface area contributed by atoms with Crippen LogP contribution in [0.15, 0.2) is 47.6 Å². The van der Waals surface area contributed by atoms with Gasteiger partial charge >= 0.3 is 0 Å². The normalized spacial score (nSPS) is 18.3. The molecule has 1 aromatic heterocycles. The first kappa shape index (κ1) is 18.6. The van der Waals surface area contributed by atoms with Crippen LogP contribution >= 0.6 is 11.8 Å². The fourth-order valence-corrected chi connectivity index (χ4v) is 4.47. The van der Waals surface area contributed by atoms with Gasteiger partial charge in [0.15, 0.2) is 0 Å². The zero-order valence-corrected chi connectivity index (χ0v) is 17.2. The molecule has 0 aliphatic carbocycles. The lowest BCUT2D eigenvalue weighted by atomic mass is 10.0. The number of anilines is 1. The molecule has 3 aromatic rings. The number of benzene rings is 2. The number of hydrogen-bond acceptors (Lipinski definition) is 5. The summed E-state index contributed by atoms with van der Waals surface area (Å²) >= 11 is 1.44. The third kappa shape index (κ3) is 3.49. The van der Waals surface area contributed by atoms with E-state index in [-0.39, 0.29) is 17.2 Å². The summed E-state index contributed by atoms with van der Waals surface area (Å²) in [4.78, 5) is 13.2. The van der Waals surface area contributed by atoms with E-state index in [0.717, 1.165) is 22.6 Å². The number of carbonyl (C=O) groups is 1. The van der Waals surface area contributed by atoms with E-state index in [0.29, 0.717) is 5.16 Å². The molecule has 0 radical (unpaired) electrons. The minimum atomic E-state index is -0.375. The molecular formula is C21H23N5OS. The Labute approximate surface area is 168 Å². The molecule has 1 aliphatic heterocycles. The molecular weight excluding hydrogens is 370 g/mol. The van der Waals surface area contributed by atoms with Crippen LogP contribution in [0.2, 0.25) is 0 Å². The van der Waals surface area contributed by atoms with Crippen molar-refractivity contribution < 1.29 is 4.79 Å². The van der Waals surface area contributed by atoms with Crippen LogP contribution in [0, 0.1) is 27.7 Å². The Morgan fingerprint density at radius 3 is 2.46 bits per heavy atom. The second-order valence-electron chi connectivity index (χ2n) is 7.23. The van der Waals surface area contributed by atoms with Crippen LogP contribution in [-0.4, -0.2) is 26.0 Å². The third-order valence-corrected chi connectivity index (χ3v) is 6.15. The number of aromatic nitrogens is 3. The molecule has 0 bridgehead atoms. The summed E-state index contributed by atoms with van der Waals surface area (Å²) in [5.41, 5.74) is 8.73. The van der Waals surface area contributed by atoms with Gasteiger partial charge in [0, 0.05) is 5.69 Å². The van der Waals surface area contributed by atoms with Gasteiger partial charge < -0.3 is 10.7 Å². The molecule has 2 aromatic carbocycles. The van der Waals surface area contributed by atoms with Gasteiger partial charge in [-0.1, -0.05) is 59.3 Å². The zero-order valence-electron chi connectivity index (χ0n) is 16.4. The fourth-order valence-electron chi connectivity index (χ4n) is 3.34. The Morgan fingerprint density at radius 1 is 1.04 bits per heavy atom. The summed E-state index contributed by atoms with van der Waals surface area (Å²) in [6.07, 6.45) is 0. The lowest BCUT2D eigenvalue weighted by Gasteiger charge is -2.33. The standard InChI is InChI=1S/C21H23N5OS/c1-12-5-8-16(9-6-12)18-19(28-21-24-23-15(4)26(21)25-18)20(27)22-17-10-7-13(2)11-14(17)3/h5-11,18-19,25H,1-4H3,(H,22,27)/t18-,19-/m1/s1. The summed E-state index contributed by atoms with van der Waals surface area (Å²) in [5, 5.41) is 11.8. The van der Waals surface area contributed by atoms with Gasteiger partial charge in [0.05, 0.1) is 6.04 Å². The van der Waals surface area contributed by atoms with Crippen molar-refractivity contribution >= 4 is 23.4 Å². The monoisotopic (exact) mass is 393 g/mol. The van der Waals surface area contributed by atoms with Gasteiger partial charge in [-0.15, -0.1) is 10.2 Å². The first-order chi connectivity index (χ1) is 13.4. The number of aryl methyl sites for hydroxylation is 4. The van der Waals surface area contributed by atoms with Gasteiger partial charge in [-0.05, 0) is 44.9 Å². The van der Waals surface area contributed by atoms with E-state index in [1.807, 2.05) is 37.6 Å². The van der Waals surface area contributed by atoms with Crippen LogP contribution < -0.4 is 10.7 Å². The van der Waals surface area contributed by atoms with Gasteiger partial charge in [0.25, 0.3) is 0 Å². The minimum Gasteiger partial charge on any atom is -0.325 e. The van der Waals surface area contributed by atoms with Crippen LogP contribution in [0.25, 0.3) is 0 Å². The highest BCUT2D eigenvalue weighted by Crippen LogP contribution is 2.37. The van der Waals surface area contributed by atoms with Crippen LogP contribution in [0.4, 0.5) is 5.69 Å². The molecule has 2 heterocycles. The van der Waals surface area contributed by atoms with E-state index in [1.165, 1.54) is 22.9 Å². The Balaban J connectivity index is 1.67. The molecule has 144 valence electrons. The summed E-state index contributed by atoms with van der Waals surface area (Å²) in [7, 11) is 0. The predicted octanol–water partition coefficient (Wildman–Crippen LogP) is 3.91. The van der Waals surface area contributed by atoms with Crippen LogP contribution in [0.5, 0.6) is 0 Å². The Morgan fingerprint density at radius 2 is 1.75 bits per heavy atom. The average Bonchev–Trinajstić information content (AvgIpc) is 3.04. The molecule has 4 rings (SSSR count). The summed E-state index contributed by atoms with van der Waals surface area (Å²) in [6, 6.07) is 14.1. The molecule has 2 atom stereocenters. The molecule has 0 fully saturated rings. The van der Waals surface area contributed by atoms with Crippen LogP contribution in [-0.2, 0) is 4.79 Å². The largest absolute Gasteiger partial charge is 0.325 e. The van der Waals surface area contributed by atoms with Crippen molar-refractivity contribution in [1.29, 1.82) is 0 Å². The Hall–Kier alpha value is -2.80. The van der Waals surface area contributed by atoms with Crippen molar-refractivity contribution in [2.75, 3.05) is 10.7 Å². The number of nitrogens with one attached hydrogen (secondary N) is 2. The average molecular weight is 394 g/mol. The molecule has 0 spiro atoms. The maximum absolute atomic E-state index is 13.2. The number of carbonyl (C=O) groups excluding carboxylic acids is 1. The van der Waals surface area contributed by atoms with Crippen molar-refractivity contribution in [3.05, 3.63) is 70.5 Å². The lowest BCUT2D eigenvalue weighted by molar-refractivity contribution is -0.116. The SMILES string of the molecule is Cc1ccc([C@H]2Nn3c(C)nnc3S[C@H]2C(=O)Nc2ccc(C)cc2C)cc1. The highest BCUT2D eigenvalue weighted by Gasteiger charge is 2.37. The van der Waals surface area contributed by atoms with Crippen LogP contribution in [0.3, 0.4) is 0 Å². The van der Waals surface area contributed by atoms with Gasteiger partial charge in [-0.2, -0.15) is 0 Å². The molecule has 6 nitrogen and oxygen atoms in total. The quantitative estimate of drug-likeness (QED) is 0.706. The smallest absolute Gasteiger partial charge is 0.240 e. The van der Waals surface area contributed by atoms with E-state index in [9.17, 15) is 4.79 Å².